The molecule has 2 aromatic rings. The lowest BCUT2D eigenvalue weighted by atomic mass is 10.1. The Hall–Kier alpha value is -3.06. The fraction of sp³-hybridized carbons (Fsp3) is 0.227. The second-order valence-electron chi connectivity index (χ2n) is 6.37. The van der Waals surface area contributed by atoms with Crippen LogP contribution in [-0.4, -0.2) is 42.7 Å². The molecule has 150 valence electrons. The van der Waals surface area contributed by atoms with Crippen LogP contribution < -0.4 is 4.74 Å². The first-order valence-corrected chi connectivity index (χ1v) is 9.92. The third-order valence-electron chi connectivity index (χ3n) is 4.32. The predicted molar refractivity (Wildman–Crippen MR) is 116 cm³/mol. The number of benzene rings is 2. The van der Waals surface area contributed by atoms with Crippen LogP contribution in [0.4, 0.5) is 5.69 Å². The van der Waals surface area contributed by atoms with Gasteiger partial charge in [0, 0.05) is 7.05 Å². The predicted octanol–water partition coefficient (Wildman–Crippen LogP) is 4.41. The second kappa shape index (κ2) is 8.96. The number of thioether (sulfide) groups is 1. The molecule has 1 saturated heterocycles. The molecular formula is C22H22N2O4S. The Morgan fingerprint density at radius 1 is 1.21 bits per heavy atom. The van der Waals surface area contributed by atoms with Crippen LogP contribution in [0.15, 0.2) is 52.4 Å². The maximum absolute atomic E-state index is 12.6. The Morgan fingerprint density at radius 3 is 2.55 bits per heavy atom. The molecule has 29 heavy (non-hydrogen) atoms. The van der Waals surface area contributed by atoms with E-state index in [1.807, 2.05) is 31.2 Å². The monoisotopic (exact) mass is 410 g/mol. The zero-order chi connectivity index (χ0) is 21.0. The second-order valence-corrected chi connectivity index (χ2v) is 7.37. The van der Waals surface area contributed by atoms with Crippen molar-refractivity contribution >= 4 is 40.6 Å². The number of amidine groups is 1. The smallest absolute Gasteiger partial charge is 0.338 e. The highest BCUT2D eigenvalue weighted by molar-refractivity contribution is 8.18. The molecule has 1 amide bonds. The van der Waals surface area contributed by atoms with Gasteiger partial charge >= 0.3 is 5.97 Å². The number of carbonyl (C=O) groups is 2. The first-order valence-electron chi connectivity index (χ1n) is 9.11. The number of rotatable bonds is 5. The van der Waals surface area contributed by atoms with Gasteiger partial charge in [0.2, 0.25) is 0 Å². The summed E-state index contributed by atoms with van der Waals surface area (Å²) < 4.78 is 10.3. The van der Waals surface area contributed by atoms with E-state index in [0.717, 1.165) is 16.9 Å². The topological polar surface area (TPSA) is 68.2 Å². The van der Waals surface area contributed by atoms with E-state index in [1.165, 1.54) is 16.7 Å². The number of amides is 1. The number of likely N-dealkylation sites (N-methyl/N-ethyl adjacent to an activating group) is 1. The number of hydrogen-bond acceptors (Lipinski definition) is 6. The molecule has 0 bridgehead atoms. The molecule has 0 unspecified atom stereocenters. The molecule has 1 aliphatic heterocycles. The van der Waals surface area contributed by atoms with Crippen LogP contribution in [0.3, 0.4) is 0 Å². The van der Waals surface area contributed by atoms with E-state index < -0.39 is 0 Å². The lowest BCUT2D eigenvalue weighted by Gasteiger charge is -2.07. The largest absolute Gasteiger partial charge is 0.496 e. The molecule has 0 spiro atoms. The van der Waals surface area contributed by atoms with Crippen LogP contribution in [0.1, 0.15) is 28.4 Å². The van der Waals surface area contributed by atoms with Gasteiger partial charge in [0.05, 0.1) is 29.9 Å². The maximum atomic E-state index is 12.6. The summed E-state index contributed by atoms with van der Waals surface area (Å²) in [6, 6.07) is 12.6. The molecule has 1 aliphatic rings. The molecule has 0 radical (unpaired) electrons. The van der Waals surface area contributed by atoms with Gasteiger partial charge in [0.1, 0.15) is 5.75 Å². The summed E-state index contributed by atoms with van der Waals surface area (Å²) in [6.07, 6.45) is 1.85. The van der Waals surface area contributed by atoms with E-state index in [9.17, 15) is 9.59 Å². The molecule has 2 aromatic carbocycles. The van der Waals surface area contributed by atoms with Gasteiger partial charge in [-0.25, -0.2) is 9.79 Å². The van der Waals surface area contributed by atoms with E-state index in [1.54, 1.807) is 45.3 Å². The average molecular weight is 410 g/mol. The Balaban J connectivity index is 1.81. The van der Waals surface area contributed by atoms with Gasteiger partial charge in [0.15, 0.2) is 5.17 Å². The number of aryl methyl sites for hydroxylation is 1. The number of hydrogen-bond donors (Lipinski definition) is 0. The molecule has 1 fully saturated rings. The minimum absolute atomic E-state index is 0.106. The van der Waals surface area contributed by atoms with Crippen LogP contribution >= 0.6 is 11.8 Å². The Kier molecular flexibility index (Phi) is 6.39. The van der Waals surface area contributed by atoms with Crippen LogP contribution in [-0.2, 0) is 9.53 Å². The summed E-state index contributed by atoms with van der Waals surface area (Å²) >= 11 is 1.32. The lowest BCUT2D eigenvalue weighted by molar-refractivity contribution is -0.121. The third kappa shape index (κ3) is 4.68. The Bertz CT molecular complexity index is 996. The molecule has 1 heterocycles. The van der Waals surface area contributed by atoms with E-state index in [0.29, 0.717) is 27.9 Å². The fourth-order valence-electron chi connectivity index (χ4n) is 2.79. The molecule has 0 aliphatic carbocycles. The van der Waals surface area contributed by atoms with Crippen molar-refractivity contribution in [1.82, 2.24) is 4.90 Å². The molecular weight excluding hydrogens is 388 g/mol. The summed E-state index contributed by atoms with van der Waals surface area (Å²) in [4.78, 5) is 31.0. The first-order chi connectivity index (χ1) is 13.9. The fourth-order valence-corrected chi connectivity index (χ4v) is 3.78. The first kappa shape index (κ1) is 20.7. The molecule has 7 heteroatoms. The van der Waals surface area contributed by atoms with Gasteiger partial charge in [-0.3, -0.25) is 9.69 Å². The van der Waals surface area contributed by atoms with Gasteiger partial charge in [-0.15, -0.1) is 0 Å². The number of nitrogens with zero attached hydrogens (tertiary/aromatic N) is 2. The van der Waals surface area contributed by atoms with Gasteiger partial charge in [-0.1, -0.05) is 6.07 Å². The molecule has 0 atom stereocenters. The number of ether oxygens (including phenoxy) is 2. The third-order valence-corrected chi connectivity index (χ3v) is 5.38. The number of methoxy groups -OCH3 is 1. The van der Waals surface area contributed by atoms with Crippen molar-refractivity contribution in [1.29, 1.82) is 0 Å². The maximum Gasteiger partial charge on any atom is 0.338 e. The van der Waals surface area contributed by atoms with E-state index in [-0.39, 0.29) is 11.9 Å². The molecule has 0 aromatic heterocycles. The number of esters is 1. The van der Waals surface area contributed by atoms with Crippen molar-refractivity contribution in [3.63, 3.8) is 0 Å². The SMILES string of the molecule is CCOC(=O)c1ccc(N=C2SC(=Cc3ccc(OC)c(C)c3)C(=O)N2C)cc1. The van der Waals surface area contributed by atoms with Crippen molar-refractivity contribution in [2.75, 3.05) is 20.8 Å². The van der Waals surface area contributed by atoms with Crippen molar-refractivity contribution < 1.29 is 19.1 Å². The van der Waals surface area contributed by atoms with Crippen molar-refractivity contribution in [3.8, 4) is 5.75 Å². The van der Waals surface area contributed by atoms with E-state index in [4.69, 9.17) is 9.47 Å². The van der Waals surface area contributed by atoms with Crippen LogP contribution in [0.2, 0.25) is 0 Å². The Labute approximate surface area is 174 Å². The summed E-state index contributed by atoms with van der Waals surface area (Å²) in [5.74, 6) is 0.336. The highest BCUT2D eigenvalue weighted by Crippen LogP contribution is 2.33. The molecule has 0 N–H and O–H groups in total. The van der Waals surface area contributed by atoms with Gasteiger partial charge in [0.25, 0.3) is 5.91 Å². The zero-order valence-corrected chi connectivity index (χ0v) is 17.6. The normalized spacial score (nSPS) is 16.6. The highest BCUT2D eigenvalue weighted by atomic mass is 32.2. The summed E-state index contributed by atoms with van der Waals surface area (Å²) in [6.45, 7) is 4.06. The minimum atomic E-state index is -0.366. The van der Waals surface area contributed by atoms with Gasteiger partial charge < -0.3 is 9.47 Å². The standard InChI is InChI=1S/C22H22N2O4S/c1-5-28-21(26)16-7-9-17(10-8-16)23-22-24(3)20(25)19(29-22)13-15-6-11-18(27-4)14(2)12-15/h6-13H,5H2,1-4H3. The zero-order valence-electron chi connectivity index (χ0n) is 16.8. The highest BCUT2D eigenvalue weighted by Gasteiger charge is 2.30. The minimum Gasteiger partial charge on any atom is -0.496 e. The molecule has 3 rings (SSSR count). The number of aliphatic imine (C=N–C) groups is 1. The van der Waals surface area contributed by atoms with Crippen LogP contribution in [0.5, 0.6) is 5.75 Å². The van der Waals surface area contributed by atoms with Gasteiger partial charge in [-0.05, 0) is 79.2 Å². The number of carbonyl (C=O) groups excluding carboxylic acids is 2. The summed E-state index contributed by atoms with van der Waals surface area (Å²) in [7, 11) is 3.33. The molecule has 6 nitrogen and oxygen atoms in total. The molecule has 0 saturated carbocycles. The lowest BCUT2D eigenvalue weighted by Crippen LogP contribution is -2.23. The summed E-state index contributed by atoms with van der Waals surface area (Å²) in [5, 5.41) is 0.579. The summed E-state index contributed by atoms with van der Waals surface area (Å²) in [5.41, 5.74) is 3.05. The van der Waals surface area contributed by atoms with Crippen LogP contribution in [0.25, 0.3) is 6.08 Å². The van der Waals surface area contributed by atoms with Crippen molar-refractivity contribution in [2.45, 2.75) is 13.8 Å². The van der Waals surface area contributed by atoms with E-state index in [2.05, 4.69) is 4.99 Å². The van der Waals surface area contributed by atoms with Crippen molar-refractivity contribution in [3.05, 3.63) is 64.1 Å². The van der Waals surface area contributed by atoms with E-state index >= 15 is 0 Å². The quantitative estimate of drug-likeness (QED) is 0.539. The average Bonchev–Trinajstić information content (AvgIpc) is 2.97. The Morgan fingerprint density at radius 2 is 1.93 bits per heavy atom. The van der Waals surface area contributed by atoms with Crippen LogP contribution in [0, 0.1) is 6.92 Å². The van der Waals surface area contributed by atoms with Gasteiger partial charge in [-0.2, -0.15) is 0 Å². The van der Waals surface area contributed by atoms with Crippen molar-refractivity contribution in [2.24, 2.45) is 4.99 Å².